The molecule has 0 unspecified atom stereocenters. The molecule has 0 amide bonds. The summed E-state index contributed by atoms with van der Waals surface area (Å²) in [5.41, 5.74) is 5.50. The second-order valence-corrected chi connectivity index (χ2v) is 8.74. The first kappa shape index (κ1) is 24.4. The molecule has 0 atom stereocenters. The van der Waals surface area contributed by atoms with Crippen LogP contribution in [0.2, 0.25) is 0 Å². The van der Waals surface area contributed by atoms with E-state index in [4.69, 9.17) is 9.72 Å². The Morgan fingerprint density at radius 2 is 1.64 bits per heavy atom. The summed E-state index contributed by atoms with van der Waals surface area (Å²) in [6.45, 7) is 10.6. The lowest BCUT2D eigenvalue weighted by Gasteiger charge is -2.22. The van der Waals surface area contributed by atoms with Crippen LogP contribution in [0.3, 0.4) is 0 Å². The Morgan fingerprint density at radius 3 is 2.24 bits per heavy atom. The lowest BCUT2D eigenvalue weighted by molar-refractivity contribution is 0.112. The first-order valence-corrected chi connectivity index (χ1v) is 11.5. The number of carbonyl (C=O) groups is 1. The fourth-order valence-electron chi connectivity index (χ4n) is 3.90. The molecular weight excluding hydrogens is 413 g/mol. The summed E-state index contributed by atoms with van der Waals surface area (Å²) in [7, 11) is 0. The second-order valence-electron chi connectivity index (χ2n) is 8.74. The maximum absolute atomic E-state index is 14.3. The van der Waals surface area contributed by atoms with E-state index >= 15 is 0 Å². The lowest BCUT2D eigenvalue weighted by atomic mass is 9.87. The van der Waals surface area contributed by atoms with Gasteiger partial charge in [-0.1, -0.05) is 77.1 Å². The van der Waals surface area contributed by atoms with Gasteiger partial charge in [0.15, 0.2) is 6.29 Å². The molecule has 3 rings (SSSR count). The van der Waals surface area contributed by atoms with Crippen molar-refractivity contribution >= 4 is 12.4 Å². The quantitative estimate of drug-likeness (QED) is 0.314. The summed E-state index contributed by atoms with van der Waals surface area (Å²) in [5, 5.41) is 0. The van der Waals surface area contributed by atoms with E-state index in [1.165, 1.54) is 12.1 Å². The highest BCUT2D eigenvalue weighted by Crippen LogP contribution is 2.41. The molecule has 0 fully saturated rings. The first-order chi connectivity index (χ1) is 15.9. The van der Waals surface area contributed by atoms with Crippen molar-refractivity contribution in [3.05, 3.63) is 88.5 Å². The second kappa shape index (κ2) is 11.0. The van der Waals surface area contributed by atoms with Gasteiger partial charge in [-0.05, 0) is 36.0 Å². The number of rotatable bonds is 9. The van der Waals surface area contributed by atoms with Gasteiger partial charge in [-0.3, -0.25) is 9.78 Å². The van der Waals surface area contributed by atoms with E-state index in [2.05, 4.69) is 26.8 Å². The number of hydrogen-bond acceptors (Lipinski definition) is 3. The fourth-order valence-corrected chi connectivity index (χ4v) is 3.90. The Balaban J connectivity index is 2.30. The van der Waals surface area contributed by atoms with Crippen LogP contribution in [-0.2, 0) is 6.61 Å². The summed E-state index contributed by atoms with van der Waals surface area (Å²) >= 11 is 0. The molecule has 1 heterocycles. The normalized spacial score (nSPS) is 11.5. The van der Waals surface area contributed by atoms with Crippen LogP contribution in [0.5, 0.6) is 5.75 Å². The van der Waals surface area contributed by atoms with Crippen LogP contribution in [-0.4, -0.2) is 11.3 Å². The predicted octanol–water partition coefficient (Wildman–Crippen LogP) is 7.95. The van der Waals surface area contributed by atoms with Gasteiger partial charge in [0.25, 0.3) is 0 Å². The van der Waals surface area contributed by atoms with Gasteiger partial charge in [0.2, 0.25) is 0 Å². The minimum atomic E-state index is -0.387. The summed E-state index contributed by atoms with van der Waals surface area (Å²) in [4.78, 5) is 17.3. The molecule has 0 aliphatic rings. The van der Waals surface area contributed by atoms with Gasteiger partial charge in [-0.25, -0.2) is 4.39 Å². The Morgan fingerprint density at radius 1 is 0.970 bits per heavy atom. The summed E-state index contributed by atoms with van der Waals surface area (Å²) in [5.74, 6) is 0.221. The number of hydrogen-bond donors (Lipinski definition) is 0. The van der Waals surface area contributed by atoms with Crippen LogP contribution < -0.4 is 4.74 Å². The number of aromatic nitrogens is 1. The van der Waals surface area contributed by atoms with Crippen LogP contribution in [0, 0.1) is 5.82 Å². The van der Waals surface area contributed by atoms with Gasteiger partial charge in [0.05, 0.1) is 11.4 Å². The molecule has 3 nitrogen and oxygen atoms in total. The zero-order chi connectivity index (χ0) is 24.0. The topological polar surface area (TPSA) is 39.2 Å². The molecule has 0 saturated carbocycles. The minimum absolute atomic E-state index is 0.0554. The Bertz CT molecular complexity index is 1130. The van der Waals surface area contributed by atoms with E-state index in [-0.39, 0.29) is 17.7 Å². The third-order valence-electron chi connectivity index (χ3n) is 5.51. The van der Waals surface area contributed by atoms with Crippen molar-refractivity contribution in [3.8, 4) is 16.9 Å². The average Bonchev–Trinajstić information content (AvgIpc) is 2.81. The standard InChI is InChI=1S/C29H32FNO2/c1-6-7-13-24-27(25(17-32)29(20(4)5)31-28(24)19(2)3)23-15-14-22(30)16-26(23)33-18-21-11-9-8-10-12-21/h7-17,19-20H,6,18H2,1-5H3. The molecule has 33 heavy (non-hydrogen) atoms. The molecule has 0 N–H and O–H groups in total. The van der Waals surface area contributed by atoms with Gasteiger partial charge in [-0.15, -0.1) is 0 Å². The number of ether oxygens (including phenoxy) is 1. The molecule has 0 aliphatic heterocycles. The van der Waals surface area contributed by atoms with Crippen LogP contribution in [0.1, 0.15) is 85.7 Å². The summed E-state index contributed by atoms with van der Waals surface area (Å²) < 4.78 is 20.4. The fraction of sp³-hybridized carbons (Fsp3) is 0.310. The monoisotopic (exact) mass is 445 g/mol. The highest BCUT2D eigenvalue weighted by molar-refractivity contribution is 5.95. The average molecular weight is 446 g/mol. The van der Waals surface area contributed by atoms with Crippen molar-refractivity contribution in [2.45, 2.75) is 59.5 Å². The molecule has 0 saturated heterocycles. The van der Waals surface area contributed by atoms with Gasteiger partial charge in [0, 0.05) is 28.3 Å². The van der Waals surface area contributed by atoms with Crippen LogP contribution >= 0.6 is 0 Å². The third-order valence-corrected chi connectivity index (χ3v) is 5.51. The Hall–Kier alpha value is -3.27. The highest BCUT2D eigenvalue weighted by Gasteiger charge is 2.24. The predicted molar refractivity (Wildman–Crippen MR) is 133 cm³/mol. The van der Waals surface area contributed by atoms with Crippen LogP contribution in [0.25, 0.3) is 17.2 Å². The maximum atomic E-state index is 14.3. The summed E-state index contributed by atoms with van der Waals surface area (Å²) in [6, 6.07) is 14.3. The van der Waals surface area contributed by atoms with Gasteiger partial charge < -0.3 is 4.74 Å². The molecule has 1 aromatic heterocycles. The first-order valence-electron chi connectivity index (χ1n) is 11.5. The number of carbonyl (C=O) groups excluding carboxylic acids is 1. The largest absolute Gasteiger partial charge is 0.488 e. The molecule has 0 spiro atoms. The Kier molecular flexibility index (Phi) is 8.16. The molecule has 0 radical (unpaired) electrons. The number of benzene rings is 2. The number of pyridine rings is 1. The van der Waals surface area contributed by atoms with E-state index in [0.29, 0.717) is 23.5 Å². The zero-order valence-corrected chi connectivity index (χ0v) is 20.1. The van der Waals surface area contributed by atoms with E-state index in [0.717, 1.165) is 40.8 Å². The van der Waals surface area contributed by atoms with Crippen molar-refractivity contribution in [3.63, 3.8) is 0 Å². The number of aldehydes is 1. The smallest absolute Gasteiger partial charge is 0.152 e. The number of allylic oxidation sites excluding steroid dienone is 1. The van der Waals surface area contributed by atoms with Crippen LogP contribution in [0.4, 0.5) is 4.39 Å². The molecule has 4 heteroatoms. The van der Waals surface area contributed by atoms with E-state index < -0.39 is 0 Å². The number of halogens is 1. The van der Waals surface area contributed by atoms with Crippen molar-refractivity contribution < 1.29 is 13.9 Å². The lowest BCUT2D eigenvalue weighted by Crippen LogP contribution is -2.10. The van der Waals surface area contributed by atoms with Gasteiger partial charge in [-0.2, -0.15) is 0 Å². The third kappa shape index (κ3) is 5.57. The molecule has 2 aromatic carbocycles. The molecular formula is C29H32FNO2. The van der Waals surface area contributed by atoms with Gasteiger partial charge in [0.1, 0.15) is 18.2 Å². The highest BCUT2D eigenvalue weighted by atomic mass is 19.1. The van der Waals surface area contributed by atoms with Crippen molar-refractivity contribution in [1.82, 2.24) is 4.98 Å². The van der Waals surface area contributed by atoms with Crippen LogP contribution in [0.15, 0.2) is 54.6 Å². The van der Waals surface area contributed by atoms with Crippen molar-refractivity contribution in [1.29, 1.82) is 0 Å². The van der Waals surface area contributed by atoms with Gasteiger partial charge >= 0.3 is 0 Å². The maximum Gasteiger partial charge on any atom is 0.152 e. The van der Waals surface area contributed by atoms with E-state index in [1.54, 1.807) is 6.07 Å². The molecule has 0 aliphatic carbocycles. The zero-order valence-electron chi connectivity index (χ0n) is 20.1. The Labute approximate surface area is 196 Å². The molecule has 3 aromatic rings. The minimum Gasteiger partial charge on any atom is -0.488 e. The molecule has 0 bridgehead atoms. The summed E-state index contributed by atoms with van der Waals surface area (Å²) in [6.07, 6.45) is 5.80. The molecule has 172 valence electrons. The van der Waals surface area contributed by atoms with Crippen molar-refractivity contribution in [2.24, 2.45) is 0 Å². The van der Waals surface area contributed by atoms with E-state index in [9.17, 15) is 9.18 Å². The van der Waals surface area contributed by atoms with E-state index in [1.807, 2.05) is 50.3 Å². The number of nitrogens with zero attached hydrogens (tertiary/aromatic N) is 1. The van der Waals surface area contributed by atoms with Crippen molar-refractivity contribution in [2.75, 3.05) is 0 Å². The SMILES string of the molecule is CCC=Cc1c(C(C)C)nc(C(C)C)c(C=O)c1-c1ccc(F)cc1OCc1ccccc1.